The summed E-state index contributed by atoms with van der Waals surface area (Å²) in [7, 11) is 0. The van der Waals surface area contributed by atoms with Gasteiger partial charge in [-0.05, 0) is 12.1 Å². The van der Waals surface area contributed by atoms with Crippen molar-refractivity contribution in [3.05, 3.63) is 23.8 Å². The van der Waals surface area contributed by atoms with E-state index in [4.69, 9.17) is 23.7 Å². The molecular weight excluding hydrogens is 235 g/mol. The lowest BCUT2D eigenvalue weighted by Crippen LogP contribution is -1.94. The summed E-state index contributed by atoms with van der Waals surface area (Å²) in [5.41, 5.74) is 0.118. The first-order chi connectivity index (χ1) is 6.81. The number of hydrogen-bond donors (Lipinski definition) is 0. The van der Waals surface area contributed by atoms with Crippen LogP contribution in [0.15, 0.2) is 18.2 Å². The third kappa shape index (κ3) is 2.74. The van der Waals surface area contributed by atoms with E-state index in [9.17, 15) is 4.79 Å². The van der Waals surface area contributed by atoms with Gasteiger partial charge in [-0.2, -0.15) is 0 Å². The Balaban J connectivity index is 2.94. The monoisotopic (exact) mass is 237 g/mol. The maximum Gasteiger partial charge on any atom is 0.237 e. The summed E-state index contributed by atoms with van der Waals surface area (Å²) in [6.07, 6.45) is 1.61. The van der Waals surface area contributed by atoms with Gasteiger partial charge in [0, 0.05) is 6.07 Å². The highest BCUT2D eigenvalue weighted by molar-refractivity contribution is 6.07. The van der Waals surface area contributed by atoms with Gasteiger partial charge in [0.05, 0.1) is 5.56 Å². The minimum Gasteiger partial charge on any atom is -0.320 e. The Morgan fingerprint density at radius 1 is 1.14 bits per heavy atom. The molecule has 75 valence electrons. The fourth-order valence-electron chi connectivity index (χ4n) is 0.778. The second-order valence-electron chi connectivity index (χ2n) is 2.05. The van der Waals surface area contributed by atoms with Gasteiger partial charge in [0.2, 0.25) is 6.29 Å². The van der Waals surface area contributed by atoms with Crippen molar-refractivity contribution in [2.45, 2.75) is 0 Å². The Morgan fingerprint density at radius 3 is 2.43 bits per heavy atom. The minimum absolute atomic E-state index is 0.0289. The zero-order chi connectivity index (χ0) is 10.4. The van der Waals surface area contributed by atoms with Crippen LogP contribution in [0.3, 0.4) is 0 Å². The molecule has 0 bridgehead atoms. The van der Waals surface area contributed by atoms with Crippen LogP contribution < -0.4 is 9.78 Å². The molecule has 5 nitrogen and oxygen atoms in total. The molecule has 1 rings (SSSR count). The van der Waals surface area contributed by atoms with E-state index in [1.807, 2.05) is 0 Å². The van der Waals surface area contributed by atoms with Gasteiger partial charge < -0.3 is 9.78 Å². The molecule has 0 amide bonds. The summed E-state index contributed by atoms with van der Waals surface area (Å²) in [5, 5.41) is 0. The minimum atomic E-state index is 0.0289. The first-order valence-corrected chi connectivity index (χ1v) is 3.86. The van der Waals surface area contributed by atoms with E-state index in [-0.39, 0.29) is 17.1 Å². The maximum atomic E-state index is 10.4. The lowest BCUT2D eigenvalue weighted by molar-refractivity contribution is -0.0996. The van der Waals surface area contributed by atoms with Gasteiger partial charge >= 0.3 is 0 Å². The molecule has 0 aliphatic rings. The van der Waals surface area contributed by atoms with Crippen molar-refractivity contribution in [3.63, 3.8) is 0 Å². The van der Waals surface area contributed by atoms with Gasteiger partial charge in [0.25, 0.3) is 0 Å². The van der Waals surface area contributed by atoms with Crippen molar-refractivity contribution in [2.24, 2.45) is 0 Å². The van der Waals surface area contributed by atoms with Crippen LogP contribution in [0.1, 0.15) is 5.56 Å². The molecule has 0 aliphatic carbocycles. The molecule has 0 aromatic heterocycles. The summed E-state index contributed by atoms with van der Waals surface area (Å²) in [6.45, 7) is 0. The molecule has 14 heavy (non-hydrogen) atoms. The Hall–Kier alpha value is -1.01. The van der Waals surface area contributed by atoms with Crippen LogP contribution in [-0.4, -0.2) is 6.29 Å². The van der Waals surface area contributed by atoms with E-state index < -0.39 is 0 Å². The molecular formula is C7H3Cl2O5. The smallest absolute Gasteiger partial charge is 0.237 e. The molecule has 0 spiro atoms. The second-order valence-corrected chi connectivity index (χ2v) is 2.30. The molecule has 0 saturated heterocycles. The average Bonchev–Trinajstić information content (AvgIpc) is 2.19. The van der Waals surface area contributed by atoms with Gasteiger partial charge in [-0.1, -0.05) is 8.88 Å². The highest BCUT2D eigenvalue weighted by atomic mass is 35.5. The fourth-order valence-corrected chi connectivity index (χ4v) is 0.919. The van der Waals surface area contributed by atoms with Crippen molar-refractivity contribution in [2.75, 3.05) is 0 Å². The Bertz CT molecular complexity index is 317. The molecule has 0 saturated carbocycles. The summed E-state index contributed by atoms with van der Waals surface area (Å²) in [4.78, 5) is 19.3. The van der Waals surface area contributed by atoms with E-state index in [0.29, 0.717) is 0 Å². The van der Waals surface area contributed by atoms with E-state index in [0.717, 1.165) is 0 Å². The molecule has 1 aromatic rings. The zero-order valence-corrected chi connectivity index (χ0v) is 8.04. The van der Waals surface area contributed by atoms with E-state index >= 15 is 0 Å². The summed E-state index contributed by atoms with van der Waals surface area (Å²) < 4.78 is 7.75. The van der Waals surface area contributed by atoms with Crippen molar-refractivity contribution < 1.29 is 23.4 Å². The highest BCUT2D eigenvalue weighted by Crippen LogP contribution is 2.24. The zero-order valence-electron chi connectivity index (χ0n) is 6.53. The third-order valence-electron chi connectivity index (χ3n) is 1.31. The first-order valence-electron chi connectivity index (χ1n) is 3.24. The van der Waals surface area contributed by atoms with Gasteiger partial charge in [0.15, 0.2) is 11.5 Å². The Labute approximate surface area is 89.2 Å². The molecule has 0 atom stereocenters. The van der Waals surface area contributed by atoms with Crippen LogP contribution in [0.2, 0.25) is 0 Å². The third-order valence-corrected chi connectivity index (χ3v) is 1.44. The SMILES string of the molecule is O=[C]c1ccc(OOCl)cc1OOCl. The highest BCUT2D eigenvalue weighted by Gasteiger charge is 2.07. The van der Waals surface area contributed by atoms with E-state index in [2.05, 4.69) is 18.7 Å². The van der Waals surface area contributed by atoms with E-state index in [1.54, 1.807) is 6.29 Å². The molecule has 1 aromatic carbocycles. The Kier molecular flexibility index (Phi) is 4.48. The lowest BCUT2D eigenvalue weighted by Gasteiger charge is -2.03. The molecule has 1 radical (unpaired) electrons. The second kappa shape index (κ2) is 5.66. The largest absolute Gasteiger partial charge is 0.320 e. The van der Waals surface area contributed by atoms with Gasteiger partial charge in [-0.25, -0.2) is 0 Å². The molecule has 0 aliphatic heterocycles. The average molecular weight is 238 g/mol. The van der Waals surface area contributed by atoms with Gasteiger partial charge in [-0.3, -0.25) is 4.79 Å². The van der Waals surface area contributed by atoms with Crippen LogP contribution in [0, 0.1) is 0 Å². The quantitative estimate of drug-likeness (QED) is 0.580. The van der Waals surface area contributed by atoms with Crippen LogP contribution in [-0.2, 0) is 13.7 Å². The number of halogens is 2. The number of rotatable bonds is 5. The number of benzene rings is 1. The first kappa shape index (κ1) is 11.1. The van der Waals surface area contributed by atoms with Crippen LogP contribution in [0.5, 0.6) is 11.5 Å². The van der Waals surface area contributed by atoms with Crippen LogP contribution in [0.25, 0.3) is 0 Å². The fraction of sp³-hybridized carbons (Fsp3) is 0. The molecule has 0 fully saturated rings. The molecule has 0 heterocycles. The molecule has 0 unspecified atom stereocenters. The van der Waals surface area contributed by atoms with Crippen LogP contribution in [0.4, 0.5) is 0 Å². The van der Waals surface area contributed by atoms with Crippen molar-refractivity contribution >= 4 is 30.0 Å². The number of carbonyl (C=O) groups excluding carboxylic acids is 1. The van der Waals surface area contributed by atoms with Crippen molar-refractivity contribution in [3.8, 4) is 11.5 Å². The number of hydrogen-bond acceptors (Lipinski definition) is 5. The molecule has 0 N–H and O–H groups in total. The summed E-state index contributed by atoms with van der Waals surface area (Å²) in [5.74, 6) is 0.240. The van der Waals surface area contributed by atoms with Gasteiger partial charge in [-0.15, -0.1) is 0 Å². The predicted molar refractivity (Wildman–Crippen MR) is 46.4 cm³/mol. The Morgan fingerprint density at radius 2 is 1.86 bits per heavy atom. The normalized spacial score (nSPS) is 9.57. The lowest BCUT2D eigenvalue weighted by atomic mass is 10.2. The predicted octanol–water partition coefficient (Wildman–Crippen LogP) is 2.07. The summed E-state index contributed by atoms with van der Waals surface area (Å²) in [6, 6.07) is 4.07. The van der Waals surface area contributed by atoms with Gasteiger partial charge in [0.1, 0.15) is 23.7 Å². The summed E-state index contributed by atoms with van der Waals surface area (Å²) >= 11 is 9.69. The maximum absolute atomic E-state index is 10.4. The topological polar surface area (TPSA) is 54.0 Å². The standard InChI is InChI=1S/C7H3Cl2O5/c8-13-11-6-2-1-5(4-10)7(3-6)12-14-9/h1-3H. The van der Waals surface area contributed by atoms with Crippen molar-refractivity contribution in [1.82, 2.24) is 0 Å². The van der Waals surface area contributed by atoms with E-state index in [1.165, 1.54) is 18.2 Å². The van der Waals surface area contributed by atoms with Crippen molar-refractivity contribution in [1.29, 1.82) is 0 Å². The van der Waals surface area contributed by atoms with Crippen LogP contribution >= 0.6 is 23.7 Å². The molecule has 7 heteroatoms.